The minimum atomic E-state index is 0.169. The van der Waals surface area contributed by atoms with Crippen molar-refractivity contribution >= 4 is 22.8 Å². The lowest BCUT2D eigenvalue weighted by Gasteiger charge is -2.26. The maximum absolute atomic E-state index is 11.9. The summed E-state index contributed by atoms with van der Waals surface area (Å²) in [5, 5.41) is 6.23. The van der Waals surface area contributed by atoms with Crippen molar-refractivity contribution in [3.63, 3.8) is 0 Å². The van der Waals surface area contributed by atoms with Crippen molar-refractivity contribution in [3.05, 3.63) is 11.1 Å². The van der Waals surface area contributed by atoms with E-state index in [4.69, 9.17) is 0 Å². The van der Waals surface area contributed by atoms with E-state index in [0.29, 0.717) is 13.0 Å². The lowest BCUT2D eigenvalue weighted by atomic mass is 10.1. The van der Waals surface area contributed by atoms with E-state index >= 15 is 0 Å². The van der Waals surface area contributed by atoms with E-state index < -0.39 is 0 Å². The highest BCUT2D eigenvalue weighted by Crippen LogP contribution is 2.28. The van der Waals surface area contributed by atoms with Crippen molar-refractivity contribution in [2.24, 2.45) is 4.99 Å². The average molecular weight is 308 g/mol. The van der Waals surface area contributed by atoms with Crippen LogP contribution in [0.3, 0.4) is 0 Å². The predicted molar refractivity (Wildman–Crippen MR) is 87.2 cm³/mol. The van der Waals surface area contributed by atoms with E-state index in [1.165, 1.54) is 38.0 Å². The molecule has 1 N–H and O–H groups in total. The third-order valence-electron chi connectivity index (χ3n) is 4.24. The van der Waals surface area contributed by atoms with Gasteiger partial charge < -0.3 is 15.1 Å². The van der Waals surface area contributed by atoms with Gasteiger partial charge in [-0.05, 0) is 38.9 Å². The van der Waals surface area contributed by atoms with Gasteiger partial charge in [-0.1, -0.05) is 18.2 Å². The standard InChI is InChI=1S/C15H24N4OS/c20-14(5-4-9-18-7-2-1-3-8-18)17-11-13-12-21-15-16-6-10-19(13)15/h12H,1-11H2,(H,17,20). The number of amides is 1. The number of rotatable bonds is 6. The Hall–Kier alpha value is -1.01. The van der Waals surface area contributed by atoms with Crippen LogP contribution in [0.5, 0.6) is 0 Å². The number of carbonyl (C=O) groups is 1. The molecule has 5 nitrogen and oxygen atoms in total. The molecule has 3 heterocycles. The summed E-state index contributed by atoms with van der Waals surface area (Å²) >= 11 is 1.67. The summed E-state index contributed by atoms with van der Waals surface area (Å²) < 4.78 is 0. The van der Waals surface area contributed by atoms with Gasteiger partial charge in [0.2, 0.25) is 5.91 Å². The molecular weight excluding hydrogens is 284 g/mol. The monoisotopic (exact) mass is 308 g/mol. The highest BCUT2D eigenvalue weighted by molar-refractivity contribution is 8.16. The topological polar surface area (TPSA) is 47.9 Å². The minimum absolute atomic E-state index is 0.169. The number of nitrogens with zero attached hydrogens (tertiary/aromatic N) is 3. The van der Waals surface area contributed by atoms with Gasteiger partial charge in [-0.3, -0.25) is 9.79 Å². The zero-order chi connectivity index (χ0) is 14.5. The second-order valence-corrected chi connectivity index (χ2v) is 6.66. The SMILES string of the molecule is O=C(CCCN1CCCCC1)NCC1=CSC2=NCCN12. The fourth-order valence-electron chi connectivity index (χ4n) is 3.04. The fourth-order valence-corrected chi connectivity index (χ4v) is 3.99. The first-order valence-electron chi connectivity index (χ1n) is 8.00. The quantitative estimate of drug-likeness (QED) is 0.810. The molecule has 0 radical (unpaired) electrons. The molecule has 0 unspecified atom stereocenters. The Labute approximate surface area is 130 Å². The number of carbonyl (C=O) groups excluding carboxylic acids is 1. The first kappa shape index (κ1) is 14.9. The number of nitrogens with one attached hydrogen (secondary N) is 1. The summed E-state index contributed by atoms with van der Waals surface area (Å²) in [6.07, 6.45) is 5.61. The van der Waals surface area contributed by atoms with E-state index in [1.807, 2.05) is 0 Å². The molecule has 3 aliphatic heterocycles. The second kappa shape index (κ2) is 7.31. The molecule has 6 heteroatoms. The summed E-state index contributed by atoms with van der Waals surface area (Å²) in [5.74, 6) is 0.169. The van der Waals surface area contributed by atoms with Crippen molar-refractivity contribution in [1.29, 1.82) is 0 Å². The number of fused-ring (bicyclic) bond motifs is 1. The van der Waals surface area contributed by atoms with Gasteiger partial charge >= 0.3 is 0 Å². The largest absolute Gasteiger partial charge is 0.351 e. The van der Waals surface area contributed by atoms with Crippen molar-refractivity contribution < 1.29 is 4.79 Å². The molecule has 1 fully saturated rings. The normalized spacial score (nSPS) is 22.0. The van der Waals surface area contributed by atoms with Gasteiger partial charge in [0.05, 0.1) is 13.1 Å². The molecule has 0 atom stereocenters. The number of amidine groups is 1. The van der Waals surface area contributed by atoms with Crippen LogP contribution in [-0.4, -0.2) is 60.1 Å². The molecule has 0 aromatic rings. The van der Waals surface area contributed by atoms with Crippen LogP contribution < -0.4 is 5.32 Å². The summed E-state index contributed by atoms with van der Waals surface area (Å²) in [4.78, 5) is 21.0. The van der Waals surface area contributed by atoms with Gasteiger partial charge in [0.15, 0.2) is 5.17 Å². The number of hydrogen-bond acceptors (Lipinski definition) is 5. The molecular formula is C15H24N4OS. The van der Waals surface area contributed by atoms with Crippen molar-refractivity contribution in [2.45, 2.75) is 32.1 Å². The van der Waals surface area contributed by atoms with E-state index in [1.54, 1.807) is 11.8 Å². The first-order chi connectivity index (χ1) is 10.3. The lowest BCUT2D eigenvalue weighted by molar-refractivity contribution is -0.121. The Kier molecular flexibility index (Phi) is 5.19. The molecule has 0 bridgehead atoms. The Morgan fingerprint density at radius 2 is 2.14 bits per heavy atom. The van der Waals surface area contributed by atoms with Gasteiger partial charge in [0, 0.05) is 24.1 Å². The van der Waals surface area contributed by atoms with Gasteiger partial charge in [-0.15, -0.1) is 0 Å². The van der Waals surface area contributed by atoms with Crippen molar-refractivity contribution in [1.82, 2.24) is 15.1 Å². The van der Waals surface area contributed by atoms with Crippen LogP contribution >= 0.6 is 11.8 Å². The maximum Gasteiger partial charge on any atom is 0.220 e. The highest BCUT2D eigenvalue weighted by atomic mass is 32.2. The molecule has 0 aromatic carbocycles. The van der Waals surface area contributed by atoms with E-state index in [9.17, 15) is 4.79 Å². The summed E-state index contributed by atoms with van der Waals surface area (Å²) in [7, 11) is 0. The smallest absolute Gasteiger partial charge is 0.220 e. The van der Waals surface area contributed by atoms with Crippen molar-refractivity contribution in [2.75, 3.05) is 39.3 Å². The van der Waals surface area contributed by atoms with E-state index in [0.717, 1.165) is 31.2 Å². The van der Waals surface area contributed by atoms with Gasteiger partial charge in [-0.25, -0.2) is 0 Å². The third-order valence-corrected chi connectivity index (χ3v) is 5.19. The van der Waals surface area contributed by atoms with Gasteiger partial charge in [0.1, 0.15) is 0 Å². The van der Waals surface area contributed by atoms with Crippen LogP contribution in [0.2, 0.25) is 0 Å². The lowest BCUT2D eigenvalue weighted by Crippen LogP contribution is -2.33. The van der Waals surface area contributed by atoms with Gasteiger partial charge in [-0.2, -0.15) is 0 Å². The molecule has 0 saturated carbocycles. The fraction of sp³-hybridized carbons (Fsp3) is 0.733. The zero-order valence-electron chi connectivity index (χ0n) is 12.5. The molecule has 116 valence electrons. The molecule has 0 aliphatic carbocycles. The van der Waals surface area contributed by atoms with Crippen LogP contribution in [-0.2, 0) is 4.79 Å². The number of likely N-dealkylation sites (tertiary alicyclic amines) is 1. The molecule has 0 spiro atoms. The molecule has 0 aromatic heterocycles. The summed E-state index contributed by atoms with van der Waals surface area (Å²) in [6.45, 7) is 5.96. The van der Waals surface area contributed by atoms with Crippen LogP contribution in [0.25, 0.3) is 0 Å². The maximum atomic E-state index is 11.9. The Balaban J connectivity index is 1.30. The molecule has 3 rings (SSSR count). The second-order valence-electron chi connectivity index (χ2n) is 5.83. The molecule has 3 aliphatic rings. The number of aliphatic imine (C=N–C) groups is 1. The Bertz CT molecular complexity index is 443. The molecule has 21 heavy (non-hydrogen) atoms. The van der Waals surface area contributed by atoms with Crippen molar-refractivity contribution in [3.8, 4) is 0 Å². The molecule has 1 amide bonds. The third kappa shape index (κ3) is 4.01. The first-order valence-corrected chi connectivity index (χ1v) is 8.87. The van der Waals surface area contributed by atoms with Crippen LogP contribution in [0.15, 0.2) is 16.1 Å². The summed E-state index contributed by atoms with van der Waals surface area (Å²) in [6, 6.07) is 0. The van der Waals surface area contributed by atoms with Crippen LogP contribution in [0, 0.1) is 0 Å². The van der Waals surface area contributed by atoms with Crippen LogP contribution in [0.4, 0.5) is 0 Å². The average Bonchev–Trinajstić information content (AvgIpc) is 3.10. The van der Waals surface area contributed by atoms with Crippen LogP contribution in [0.1, 0.15) is 32.1 Å². The van der Waals surface area contributed by atoms with E-state index in [-0.39, 0.29) is 5.91 Å². The Morgan fingerprint density at radius 3 is 3.00 bits per heavy atom. The summed E-state index contributed by atoms with van der Waals surface area (Å²) in [5.41, 5.74) is 1.18. The highest BCUT2D eigenvalue weighted by Gasteiger charge is 2.25. The molecule has 1 saturated heterocycles. The van der Waals surface area contributed by atoms with E-state index in [2.05, 4.69) is 25.5 Å². The predicted octanol–water partition coefficient (Wildman–Crippen LogP) is 1.63. The minimum Gasteiger partial charge on any atom is -0.351 e. The Morgan fingerprint density at radius 1 is 1.29 bits per heavy atom. The zero-order valence-corrected chi connectivity index (χ0v) is 13.3. The number of thioether (sulfide) groups is 1. The number of hydrogen-bond donors (Lipinski definition) is 1. The van der Waals surface area contributed by atoms with Gasteiger partial charge in [0.25, 0.3) is 0 Å². The number of piperidine rings is 1.